The summed E-state index contributed by atoms with van der Waals surface area (Å²) in [6, 6.07) is 11.6. The fourth-order valence-corrected chi connectivity index (χ4v) is 4.15. The molecule has 2 aliphatic rings. The van der Waals surface area contributed by atoms with Gasteiger partial charge in [0.1, 0.15) is 0 Å². The number of aryl methyl sites for hydroxylation is 2. The van der Waals surface area contributed by atoms with Crippen LogP contribution in [-0.2, 0) is 22.4 Å². The molecule has 30 heavy (non-hydrogen) atoms. The largest absolute Gasteiger partial charge is 0.463 e. The minimum Gasteiger partial charge on any atom is -0.463 e. The molecular weight excluding hydrogens is 444 g/mol. The van der Waals surface area contributed by atoms with Crippen molar-refractivity contribution >= 4 is 39.5 Å². The highest BCUT2D eigenvalue weighted by Gasteiger charge is 2.17. The van der Waals surface area contributed by atoms with Crippen LogP contribution in [0, 0.1) is 0 Å². The number of benzene rings is 2. The van der Waals surface area contributed by atoms with Gasteiger partial charge in [0.25, 0.3) is 0 Å². The first-order chi connectivity index (χ1) is 14.5. The minimum atomic E-state index is -0.341. The van der Waals surface area contributed by atoms with Gasteiger partial charge in [-0.15, -0.1) is 0 Å². The molecule has 0 fully saturated rings. The summed E-state index contributed by atoms with van der Waals surface area (Å²) in [5, 5.41) is 0. The van der Waals surface area contributed by atoms with Crippen LogP contribution >= 0.6 is 15.9 Å². The number of fused-ring (bicyclic) bond motifs is 2. The number of esters is 1. The van der Waals surface area contributed by atoms with Crippen LogP contribution in [0.3, 0.4) is 0 Å². The maximum absolute atomic E-state index is 11.7. The van der Waals surface area contributed by atoms with Crippen molar-refractivity contribution in [2.45, 2.75) is 45.4 Å². The minimum absolute atomic E-state index is 0.220. The van der Waals surface area contributed by atoms with E-state index in [4.69, 9.17) is 4.74 Å². The highest BCUT2D eigenvalue weighted by Crippen LogP contribution is 2.24. The summed E-state index contributed by atoms with van der Waals surface area (Å²) in [6.45, 7) is 2.15. The number of halogens is 1. The van der Waals surface area contributed by atoms with Crippen LogP contribution in [0.1, 0.15) is 70.0 Å². The number of carbonyl (C=O) groups excluding carboxylic acids is 3. The van der Waals surface area contributed by atoms with Crippen molar-refractivity contribution in [2.75, 3.05) is 6.61 Å². The van der Waals surface area contributed by atoms with E-state index in [1.54, 1.807) is 13.0 Å². The van der Waals surface area contributed by atoms with Crippen LogP contribution in [0.25, 0.3) is 6.08 Å². The quantitative estimate of drug-likeness (QED) is 0.424. The Balaban J connectivity index is 0.000000184. The second-order valence-corrected chi connectivity index (χ2v) is 8.27. The zero-order chi connectivity index (χ0) is 21.5. The van der Waals surface area contributed by atoms with Crippen LogP contribution in [0.15, 0.2) is 46.9 Å². The van der Waals surface area contributed by atoms with Gasteiger partial charge in [-0.3, -0.25) is 9.59 Å². The number of carbonyl (C=O) groups is 3. The Morgan fingerprint density at radius 1 is 0.933 bits per heavy atom. The standard InChI is InChI=1S/C15H16O3.C10H9BrO/c1-2-18-15(17)9-7-11-6-8-13-12(10-11)4-3-5-14(13)16;11-8-4-5-9-7(6-8)2-1-3-10(9)12/h6-10H,2-5H2,1H3;4-6H,1-3H2/b9-7+;. The molecule has 0 aromatic heterocycles. The van der Waals surface area contributed by atoms with Crippen molar-refractivity contribution in [3.05, 3.63) is 74.8 Å². The summed E-state index contributed by atoms with van der Waals surface area (Å²) in [7, 11) is 0. The van der Waals surface area contributed by atoms with Gasteiger partial charge in [0, 0.05) is 34.5 Å². The van der Waals surface area contributed by atoms with E-state index >= 15 is 0 Å². The molecule has 0 saturated carbocycles. The average molecular weight is 469 g/mol. The first-order valence-corrected chi connectivity index (χ1v) is 11.1. The monoisotopic (exact) mass is 468 g/mol. The van der Waals surface area contributed by atoms with Gasteiger partial charge in [-0.05, 0) is 67.5 Å². The van der Waals surface area contributed by atoms with Crippen molar-refractivity contribution in [3.8, 4) is 0 Å². The van der Waals surface area contributed by atoms with Crippen molar-refractivity contribution in [1.29, 1.82) is 0 Å². The molecule has 0 amide bonds. The molecule has 0 atom stereocenters. The molecule has 2 aromatic rings. The lowest BCUT2D eigenvalue weighted by Crippen LogP contribution is -2.10. The molecule has 5 heteroatoms. The molecule has 0 aliphatic heterocycles. The summed E-state index contributed by atoms with van der Waals surface area (Å²) in [6.07, 6.45) is 8.38. The highest BCUT2D eigenvalue weighted by atomic mass is 79.9. The maximum Gasteiger partial charge on any atom is 0.330 e. The Bertz CT molecular complexity index is 991. The predicted molar refractivity (Wildman–Crippen MR) is 121 cm³/mol. The van der Waals surface area contributed by atoms with Gasteiger partial charge >= 0.3 is 5.97 Å². The number of ketones is 2. The summed E-state index contributed by atoms with van der Waals surface area (Å²) >= 11 is 3.40. The van der Waals surface area contributed by atoms with Crippen LogP contribution in [0.4, 0.5) is 0 Å². The Labute approximate surface area is 185 Å². The zero-order valence-corrected chi connectivity index (χ0v) is 18.7. The molecule has 4 rings (SSSR count). The lowest BCUT2D eigenvalue weighted by molar-refractivity contribution is -0.137. The SMILES string of the molecule is CCOC(=O)/C=C/c1ccc2c(c1)CCCC2=O.O=C1CCCc2cc(Br)ccc21. The van der Waals surface area contributed by atoms with Gasteiger partial charge < -0.3 is 4.74 Å². The van der Waals surface area contributed by atoms with Gasteiger partial charge in [0.05, 0.1) is 6.61 Å². The highest BCUT2D eigenvalue weighted by molar-refractivity contribution is 9.10. The van der Waals surface area contributed by atoms with Gasteiger partial charge in [0.2, 0.25) is 0 Å². The third-order valence-electron chi connectivity index (χ3n) is 5.20. The van der Waals surface area contributed by atoms with E-state index in [2.05, 4.69) is 15.9 Å². The summed E-state index contributed by atoms with van der Waals surface area (Å²) in [5.41, 5.74) is 4.95. The number of rotatable bonds is 3. The van der Waals surface area contributed by atoms with Crippen molar-refractivity contribution in [1.82, 2.24) is 0 Å². The molecule has 0 heterocycles. The first-order valence-electron chi connectivity index (χ1n) is 10.3. The number of hydrogen-bond acceptors (Lipinski definition) is 4. The molecular formula is C25H25BrO4. The maximum atomic E-state index is 11.7. The molecule has 0 N–H and O–H groups in total. The van der Waals surface area contributed by atoms with Gasteiger partial charge in [0.15, 0.2) is 11.6 Å². The Morgan fingerprint density at radius 2 is 1.53 bits per heavy atom. The van der Waals surface area contributed by atoms with Crippen molar-refractivity contribution in [2.24, 2.45) is 0 Å². The molecule has 0 bridgehead atoms. The molecule has 2 aliphatic carbocycles. The second-order valence-electron chi connectivity index (χ2n) is 7.36. The lowest BCUT2D eigenvalue weighted by Gasteiger charge is -2.14. The van der Waals surface area contributed by atoms with Crippen LogP contribution < -0.4 is 0 Å². The van der Waals surface area contributed by atoms with E-state index in [1.165, 1.54) is 11.6 Å². The topological polar surface area (TPSA) is 60.4 Å². The van der Waals surface area contributed by atoms with Gasteiger partial charge in [-0.1, -0.05) is 40.2 Å². The van der Waals surface area contributed by atoms with Gasteiger partial charge in [-0.25, -0.2) is 4.79 Å². The molecule has 2 aromatic carbocycles. The molecule has 0 radical (unpaired) electrons. The normalized spacial score (nSPS) is 15.1. The van der Waals surface area contributed by atoms with Crippen molar-refractivity contribution in [3.63, 3.8) is 0 Å². The fourth-order valence-electron chi connectivity index (χ4n) is 3.74. The molecule has 0 saturated heterocycles. The smallest absolute Gasteiger partial charge is 0.330 e. The number of ether oxygens (including phenoxy) is 1. The van der Waals surface area contributed by atoms with E-state index in [0.717, 1.165) is 52.4 Å². The van der Waals surface area contributed by atoms with E-state index in [0.29, 0.717) is 25.2 Å². The molecule has 4 nitrogen and oxygen atoms in total. The number of Topliss-reactive ketones (excluding diaryl/α,β-unsaturated/α-hetero) is 2. The van der Waals surface area contributed by atoms with Crippen LogP contribution in [0.5, 0.6) is 0 Å². The van der Waals surface area contributed by atoms with Crippen molar-refractivity contribution < 1.29 is 19.1 Å². The fraction of sp³-hybridized carbons (Fsp3) is 0.320. The Kier molecular flexibility index (Phi) is 7.75. The molecule has 0 spiro atoms. The van der Waals surface area contributed by atoms with Gasteiger partial charge in [-0.2, -0.15) is 0 Å². The molecule has 156 valence electrons. The third kappa shape index (κ3) is 5.76. The Hall–Kier alpha value is -2.53. The molecule has 0 unspecified atom stereocenters. The van der Waals surface area contributed by atoms with E-state index in [9.17, 15) is 14.4 Å². The lowest BCUT2D eigenvalue weighted by atomic mass is 9.89. The van der Waals surface area contributed by atoms with E-state index in [1.807, 2.05) is 36.4 Å². The predicted octanol–water partition coefficient (Wildman–Crippen LogP) is 5.75. The zero-order valence-electron chi connectivity index (χ0n) is 17.1. The third-order valence-corrected chi connectivity index (χ3v) is 5.69. The van der Waals surface area contributed by atoms with E-state index in [-0.39, 0.29) is 11.8 Å². The van der Waals surface area contributed by atoms with E-state index < -0.39 is 0 Å². The average Bonchev–Trinajstić information content (AvgIpc) is 2.73. The second kappa shape index (κ2) is 10.5. The summed E-state index contributed by atoms with van der Waals surface area (Å²) < 4.78 is 5.88. The van der Waals surface area contributed by atoms with Crippen LogP contribution in [-0.4, -0.2) is 24.1 Å². The first kappa shape index (κ1) is 22.2. The summed E-state index contributed by atoms with van der Waals surface area (Å²) in [5.74, 6) is 0.173. The summed E-state index contributed by atoms with van der Waals surface area (Å²) in [4.78, 5) is 34.2. The number of hydrogen-bond donors (Lipinski definition) is 0. The van der Waals surface area contributed by atoms with Crippen LogP contribution in [0.2, 0.25) is 0 Å². The Morgan fingerprint density at radius 3 is 2.17 bits per heavy atom.